The Balaban J connectivity index is 2.75. The molecule has 0 bridgehead atoms. The molecule has 6 heteroatoms. The Kier molecular flexibility index (Phi) is 5.17. The van der Waals surface area contributed by atoms with Crippen LogP contribution in [-0.4, -0.2) is 54.0 Å². The van der Waals surface area contributed by atoms with Gasteiger partial charge in [-0.3, -0.25) is 4.79 Å². The molecule has 0 aromatic rings. The molecule has 1 aliphatic rings. The molecule has 110 valence electrons. The van der Waals surface area contributed by atoms with Crippen LogP contribution in [0.15, 0.2) is 0 Å². The van der Waals surface area contributed by atoms with E-state index >= 15 is 0 Å². The molecule has 19 heavy (non-hydrogen) atoms. The van der Waals surface area contributed by atoms with Gasteiger partial charge in [0.05, 0.1) is 19.6 Å². The molecule has 1 rings (SSSR count). The highest BCUT2D eigenvalue weighted by Gasteiger charge is 2.39. The highest BCUT2D eigenvalue weighted by atomic mass is 16.6. The van der Waals surface area contributed by atoms with Gasteiger partial charge in [0.2, 0.25) is 0 Å². The van der Waals surface area contributed by atoms with Gasteiger partial charge in [0.25, 0.3) is 0 Å². The summed E-state index contributed by atoms with van der Waals surface area (Å²) in [6, 6.07) is -0.354. The van der Waals surface area contributed by atoms with Crippen molar-refractivity contribution in [3.05, 3.63) is 0 Å². The molecule has 0 unspecified atom stereocenters. The molecular weight excluding hydrogens is 250 g/mol. The van der Waals surface area contributed by atoms with E-state index in [2.05, 4.69) is 4.74 Å². The van der Waals surface area contributed by atoms with Crippen molar-refractivity contribution in [3.8, 4) is 0 Å². The number of carbonyl (C=O) groups is 2. The van der Waals surface area contributed by atoms with Crippen molar-refractivity contribution in [2.75, 3.05) is 20.3 Å². The zero-order valence-corrected chi connectivity index (χ0v) is 12.0. The van der Waals surface area contributed by atoms with Gasteiger partial charge in [-0.15, -0.1) is 0 Å². The molecule has 0 saturated carbocycles. The van der Waals surface area contributed by atoms with Crippen LogP contribution < -0.4 is 0 Å². The maximum absolute atomic E-state index is 12.1. The van der Waals surface area contributed by atoms with E-state index in [9.17, 15) is 14.7 Å². The first-order valence-corrected chi connectivity index (χ1v) is 6.45. The summed E-state index contributed by atoms with van der Waals surface area (Å²) in [5.41, 5.74) is -0.579. The number of rotatable bonds is 3. The summed E-state index contributed by atoms with van der Waals surface area (Å²) in [6.07, 6.45) is 0.301. The minimum Gasteiger partial charge on any atom is -0.469 e. The normalized spacial score (nSPS) is 23.3. The van der Waals surface area contributed by atoms with Crippen molar-refractivity contribution in [2.24, 2.45) is 5.92 Å². The highest BCUT2D eigenvalue weighted by Crippen LogP contribution is 2.28. The quantitative estimate of drug-likeness (QED) is 0.781. The molecule has 0 aromatic carbocycles. The number of nitrogens with zero attached hydrogens (tertiary/aromatic N) is 1. The van der Waals surface area contributed by atoms with Crippen LogP contribution in [0.1, 0.15) is 33.6 Å². The van der Waals surface area contributed by atoms with Crippen LogP contribution >= 0.6 is 0 Å². The first kappa shape index (κ1) is 15.8. The van der Waals surface area contributed by atoms with Crippen molar-refractivity contribution in [1.29, 1.82) is 0 Å². The van der Waals surface area contributed by atoms with Gasteiger partial charge in [-0.05, 0) is 27.2 Å². The fourth-order valence-corrected chi connectivity index (χ4v) is 2.21. The van der Waals surface area contributed by atoms with E-state index in [4.69, 9.17) is 4.74 Å². The minimum absolute atomic E-state index is 0.0546. The van der Waals surface area contributed by atoms with Crippen molar-refractivity contribution in [3.63, 3.8) is 0 Å². The average molecular weight is 273 g/mol. The van der Waals surface area contributed by atoms with Crippen LogP contribution in [-0.2, 0) is 14.3 Å². The third-order valence-corrected chi connectivity index (χ3v) is 3.15. The van der Waals surface area contributed by atoms with E-state index in [1.54, 1.807) is 20.8 Å². The largest absolute Gasteiger partial charge is 0.469 e. The van der Waals surface area contributed by atoms with Crippen molar-refractivity contribution in [2.45, 2.75) is 45.3 Å². The predicted molar refractivity (Wildman–Crippen MR) is 68.6 cm³/mol. The van der Waals surface area contributed by atoms with E-state index in [0.717, 1.165) is 0 Å². The number of hydrogen-bond donors (Lipinski definition) is 1. The summed E-state index contributed by atoms with van der Waals surface area (Å²) in [7, 11) is 1.31. The molecule has 1 aliphatic heterocycles. The topological polar surface area (TPSA) is 76.1 Å². The van der Waals surface area contributed by atoms with E-state index in [-0.39, 0.29) is 31.0 Å². The summed E-state index contributed by atoms with van der Waals surface area (Å²) < 4.78 is 9.95. The lowest BCUT2D eigenvalue weighted by Gasteiger charge is -2.29. The molecule has 0 aliphatic carbocycles. The first-order chi connectivity index (χ1) is 8.78. The number of amides is 1. The molecule has 0 spiro atoms. The number of ether oxygens (including phenoxy) is 2. The molecule has 0 radical (unpaired) electrons. The van der Waals surface area contributed by atoms with E-state index in [1.165, 1.54) is 12.0 Å². The maximum atomic E-state index is 12.1. The van der Waals surface area contributed by atoms with E-state index in [0.29, 0.717) is 13.0 Å². The van der Waals surface area contributed by atoms with Gasteiger partial charge in [0.15, 0.2) is 0 Å². The van der Waals surface area contributed by atoms with Gasteiger partial charge < -0.3 is 19.5 Å². The van der Waals surface area contributed by atoms with Gasteiger partial charge in [0.1, 0.15) is 5.60 Å². The second-order valence-electron chi connectivity index (χ2n) is 5.75. The fraction of sp³-hybridized carbons (Fsp3) is 0.846. The lowest BCUT2D eigenvalue weighted by Crippen LogP contribution is -2.43. The van der Waals surface area contributed by atoms with Crippen molar-refractivity contribution >= 4 is 12.1 Å². The molecule has 1 saturated heterocycles. The fourth-order valence-electron chi connectivity index (χ4n) is 2.21. The lowest BCUT2D eigenvalue weighted by molar-refractivity contribution is -0.142. The Hall–Kier alpha value is -1.30. The average Bonchev–Trinajstić information content (AvgIpc) is 2.69. The Labute approximate surface area is 113 Å². The highest BCUT2D eigenvalue weighted by molar-refractivity contribution is 5.73. The Morgan fingerprint density at radius 1 is 1.37 bits per heavy atom. The van der Waals surface area contributed by atoms with Gasteiger partial charge in [-0.2, -0.15) is 0 Å². The Bertz CT molecular complexity index is 336. The van der Waals surface area contributed by atoms with Gasteiger partial charge in [-0.25, -0.2) is 4.79 Å². The maximum Gasteiger partial charge on any atom is 0.410 e. The van der Waals surface area contributed by atoms with E-state index < -0.39 is 11.7 Å². The summed E-state index contributed by atoms with van der Waals surface area (Å²) in [5.74, 6) is -0.495. The molecular formula is C13H23NO5. The molecule has 1 fully saturated rings. The zero-order valence-electron chi connectivity index (χ0n) is 12.0. The zero-order chi connectivity index (χ0) is 14.6. The summed E-state index contributed by atoms with van der Waals surface area (Å²) >= 11 is 0. The number of aliphatic hydroxyl groups is 1. The Morgan fingerprint density at radius 3 is 2.47 bits per heavy atom. The van der Waals surface area contributed by atoms with E-state index in [1.807, 2.05) is 0 Å². The van der Waals surface area contributed by atoms with Crippen LogP contribution in [0.2, 0.25) is 0 Å². The summed E-state index contributed by atoms with van der Waals surface area (Å²) in [6.45, 7) is 5.81. The second kappa shape index (κ2) is 6.23. The summed E-state index contributed by atoms with van der Waals surface area (Å²) in [4.78, 5) is 25.0. The molecule has 2 atom stereocenters. The number of hydrogen-bond acceptors (Lipinski definition) is 5. The molecule has 1 heterocycles. The number of esters is 1. The van der Waals surface area contributed by atoms with Gasteiger partial charge >= 0.3 is 12.1 Å². The standard InChI is InChI=1S/C13H23NO5/c1-13(2,3)19-12(17)14-6-5-9(8-15)10(14)7-11(16)18-4/h9-10,15H,5-8H2,1-4H3/t9-,10-/m1/s1. The first-order valence-electron chi connectivity index (χ1n) is 6.45. The molecule has 0 aromatic heterocycles. The minimum atomic E-state index is -0.579. The molecule has 1 N–H and O–H groups in total. The SMILES string of the molecule is COC(=O)C[C@@H]1[C@@H](CO)CCN1C(=O)OC(C)(C)C. The molecule has 6 nitrogen and oxygen atoms in total. The van der Waals surface area contributed by atoms with Crippen LogP contribution in [0.3, 0.4) is 0 Å². The predicted octanol–water partition coefficient (Wildman–Crippen LogP) is 1.17. The number of methoxy groups -OCH3 is 1. The smallest absolute Gasteiger partial charge is 0.410 e. The number of likely N-dealkylation sites (tertiary alicyclic amines) is 1. The van der Waals surface area contributed by atoms with Crippen molar-refractivity contribution in [1.82, 2.24) is 4.90 Å². The number of aliphatic hydroxyl groups excluding tert-OH is 1. The Morgan fingerprint density at radius 2 is 2.00 bits per heavy atom. The van der Waals surface area contributed by atoms with Gasteiger partial charge in [-0.1, -0.05) is 0 Å². The third kappa shape index (κ3) is 4.38. The van der Waals surface area contributed by atoms with Crippen LogP contribution in [0.4, 0.5) is 4.79 Å². The van der Waals surface area contributed by atoms with Crippen LogP contribution in [0.25, 0.3) is 0 Å². The molecule has 1 amide bonds. The van der Waals surface area contributed by atoms with Gasteiger partial charge in [0, 0.05) is 19.1 Å². The monoisotopic (exact) mass is 273 g/mol. The van der Waals surface area contributed by atoms with Crippen molar-refractivity contribution < 1.29 is 24.2 Å². The van der Waals surface area contributed by atoms with Crippen LogP contribution in [0.5, 0.6) is 0 Å². The lowest BCUT2D eigenvalue weighted by atomic mass is 9.99. The second-order valence-corrected chi connectivity index (χ2v) is 5.75. The third-order valence-electron chi connectivity index (χ3n) is 3.15. The van der Waals surface area contributed by atoms with Crippen LogP contribution in [0, 0.1) is 5.92 Å². The number of carbonyl (C=O) groups excluding carboxylic acids is 2. The summed E-state index contributed by atoms with van der Waals surface area (Å²) in [5, 5.41) is 9.32.